The number of nitrogens with zero attached hydrogens (tertiary/aromatic N) is 7. The van der Waals surface area contributed by atoms with E-state index in [0.717, 1.165) is 38.0 Å². The highest BCUT2D eigenvalue weighted by molar-refractivity contribution is 5.91. The summed E-state index contributed by atoms with van der Waals surface area (Å²) >= 11 is 0. The highest BCUT2D eigenvalue weighted by Crippen LogP contribution is 2.20. The van der Waals surface area contributed by atoms with Gasteiger partial charge in [0.15, 0.2) is 5.69 Å². The number of benzene rings is 1. The largest absolute Gasteiger partial charge is 0.337 e. The van der Waals surface area contributed by atoms with E-state index < -0.39 is 0 Å². The van der Waals surface area contributed by atoms with Gasteiger partial charge in [0.05, 0.1) is 18.9 Å². The second-order valence-corrected chi connectivity index (χ2v) is 6.65. The average Bonchev–Trinajstić information content (AvgIpc) is 3.35. The zero-order valence-electron chi connectivity index (χ0n) is 14.5. The summed E-state index contributed by atoms with van der Waals surface area (Å²) < 4.78 is 3.57. The second-order valence-electron chi connectivity index (χ2n) is 6.65. The molecule has 134 valence electrons. The first-order valence-electron chi connectivity index (χ1n) is 8.85. The molecule has 8 heteroatoms. The molecule has 1 aliphatic heterocycles. The average molecular weight is 351 g/mol. The first kappa shape index (κ1) is 16.4. The molecule has 1 saturated heterocycles. The minimum atomic E-state index is -0.0384. The van der Waals surface area contributed by atoms with Crippen LogP contribution in [0.4, 0.5) is 0 Å². The number of hydrogen-bond donors (Lipinski definition) is 0. The van der Waals surface area contributed by atoms with Gasteiger partial charge in [-0.05, 0) is 24.3 Å². The molecule has 1 amide bonds. The Balaban J connectivity index is 1.32. The number of rotatable bonds is 5. The molecule has 2 aromatic heterocycles. The van der Waals surface area contributed by atoms with Crippen molar-refractivity contribution in [3.05, 3.63) is 60.2 Å². The van der Waals surface area contributed by atoms with E-state index in [4.69, 9.17) is 0 Å². The van der Waals surface area contributed by atoms with Crippen molar-refractivity contribution in [1.82, 2.24) is 34.9 Å². The van der Waals surface area contributed by atoms with Crippen molar-refractivity contribution in [2.24, 2.45) is 5.92 Å². The molecule has 8 nitrogen and oxygen atoms in total. The van der Waals surface area contributed by atoms with Crippen molar-refractivity contribution in [3.8, 4) is 0 Å². The van der Waals surface area contributed by atoms with Gasteiger partial charge in [0.1, 0.15) is 0 Å². The van der Waals surface area contributed by atoms with Gasteiger partial charge in [-0.2, -0.15) is 0 Å². The summed E-state index contributed by atoms with van der Waals surface area (Å²) in [5.74, 6) is 0.484. The van der Waals surface area contributed by atoms with Gasteiger partial charge in [-0.1, -0.05) is 40.8 Å². The predicted octanol–water partition coefficient (Wildman–Crippen LogP) is 1.47. The van der Waals surface area contributed by atoms with Gasteiger partial charge in [0, 0.05) is 25.8 Å². The highest BCUT2D eigenvalue weighted by Gasteiger charge is 2.25. The third kappa shape index (κ3) is 3.79. The number of piperidine rings is 1. The maximum absolute atomic E-state index is 12.7. The third-order valence-corrected chi connectivity index (χ3v) is 4.76. The fraction of sp³-hybridized carbons (Fsp3) is 0.389. The van der Waals surface area contributed by atoms with Crippen molar-refractivity contribution < 1.29 is 4.79 Å². The van der Waals surface area contributed by atoms with Gasteiger partial charge in [-0.25, -0.2) is 4.68 Å². The molecule has 3 aromatic rings. The van der Waals surface area contributed by atoms with Gasteiger partial charge >= 0.3 is 0 Å². The van der Waals surface area contributed by atoms with Crippen LogP contribution in [0, 0.1) is 5.92 Å². The quantitative estimate of drug-likeness (QED) is 0.695. The summed E-state index contributed by atoms with van der Waals surface area (Å²) in [6.07, 6.45) is 7.23. The molecule has 0 atom stereocenters. The number of carbonyl (C=O) groups excluding carboxylic acids is 1. The molecule has 0 aliphatic carbocycles. The van der Waals surface area contributed by atoms with Crippen LogP contribution in [-0.4, -0.2) is 53.9 Å². The van der Waals surface area contributed by atoms with Gasteiger partial charge in [0.2, 0.25) is 0 Å². The Morgan fingerprint density at radius 3 is 2.62 bits per heavy atom. The lowest BCUT2D eigenvalue weighted by Crippen LogP contribution is -2.39. The molecule has 3 heterocycles. The first-order chi connectivity index (χ1) is 12.8. The SMILES string of the molecule is O=C(c1cn(Cc2ccccc2)nn1)N1CCC(Cn2ccnn2)CC1. The third-order valence-electron chi connectivity index (χ3n) is 4.76. The number of hydrogen-bond acceptors (Lipinski definition) is 5. The molecule has 0 unspecified atom stereocenters. The van der Waals surface area contributed by atoms with E-state index >= 15 is 0 Å². The van der Waals surface area contributed by atoms with Crippen LogP contribution in [0.2, 0.25) is 0 Å². The highest BCUT2D eigenvalue weighted by atomic mass is 16.2. The molecule has 0 N–H and O–H groups in total. The van der Waals surface area contributed by atoms with E-state index in [0.29, 0.717) is 18.2 Å². The smallest absolute Gasteiger partial charge is 0.276 e. The standard InChI is InChI=1S/C18H21N7O/c26-18(17-14-25(22-20-17)13-15-4-2-1-3-5-15)23-9-6-16(7-10-23)12-24-11-8-19-21-24/h1-5,8,11,14,16H,6-7,9-10,12-13H2. The van der Waals surface area contributed by atoms with Crippen LogP contribution in [0.25, 0.3) is 0 Å². The zero-order chi connectivity index (χ0) is 17.8. The van der Waals surface area contributed by atoms with Crippen LogP contribution in [-0.2, 0) is 13.1 Å². The van der Waals surface area contributed by atoms with E-state index in [9.17, 15) is 4.79 Å². The van der Waals surface area contributed by atoms with Crippen molar-refractivity contribution >= 4 is 5.91 Å². The van der Waals surface area contributed by atoms with Gasteiger partial charge in [-0.15, -0.1) is 10.2 Å². The Bertz CT molecular complexity index is 836. The summed E-state index contributed by atoms with van der Waals surface area (Å²) in [7, 11) is 0. The molecular weight excluding hydrogens is 330 g/mol. The van der Waals surface area contributed by atoms with Crippen LogP contribution in [0.15, 0.2) is 48.9 Å². The lowest BCUT2D eigenvalue weighted by Gasteiger charge is -2.31. The maximum atomic E-state index is 12.7. The molecule has 1 aliphatic rings. The summed E-state index contributed by atoms with van der Waals surface area (Å²) in [6.45, 7) is 2.95. The van der Waals surface area contributed by atoms with E-state index in [1.54, 1.807) is 17.1 Å². The number of aromatic nitrogens is 6. The number of amides is 1. The lowest BCUT2D eigenvalue weighted by molar-refractivity contribution is 0.0675. The van der Waals surface area contributed by atoms with Gasteiger partial charge in [0.25, 0.3) is 5.91 Å². The first-order valence-corrected chi connectivity index (χ1v) is 8.85. The number of likely N-dealkylation sites (tertiary alicyclic amines) is 1. The predicted molar refractivity (Wildman–Crippen MR) is 94.2 cm³/mol. The minimum Gasteiger partial charge on any atom is -0.337 e. The molecule has 0 saturated carbocycles. The monoisotopic (exact) mass is 351 g/mol. The Morgan fingerprint density at radius 1 is 1.08 bits per heavy atom. The topological polar surface area (TPSA) is 81.7 Å². The Labute approximate surface area is 151 Å². The Kier molecular flexibility index (Phi) is 4.72. The summed E-state index contributed by atoms with van der Waals surface area (Å²) in [6, 6.07) is 10.0. The van der Waals surface area contributed by atoms with E-state index in [-0.39, 0.29) is 5.91 Å². The molecule has 1 fully saturated rings. The molecular formula is C18H21N7O. The molecule has 26 heavy (non-hydrogen) atoms. The maximum Gasteiger partial charge on any atom is 0.276 e. The van der Waals surface area contributed by atoms with Crippen molar-refractivity contribution in [2.45, 2.75) is 25.9 Å². The van der Waals surface area contributed by atoms with Gasteiger partial charge in [-0.3, -0.25) is 9.48 Å². The zero-order valence-corrected chi connectivity index (χ0v) is 14.5. The molecule has 0 radical (unpaired) electrons. The lowest BCUT2D eigenvalue weighted by atomic mass is 9.96. The summed E-state index contributed by atoms with van der Waals surface area (Å²) in [5.41, 5.74) is 1.54. The second kappa shape index (κ2) is 7.47. The number of carbonyl (C=O) groups is 1. The molecule has 0 bridgehead atoms. The van der Waals surface area contributed by atoms with Crippen molar-refractivity contribution in [2.75, 3.05) is 13.1 Å². The fourth-order valence-electron chi connectivity index (χ4n) is 3.32. The summed E-state index contributed by atoms with van der Waals surface area (Å²) in [5, 5.41) is 16.0. The van der Waals surface area contributed by atoms with E-state index in [2.05, 4.69) is 20.6 Å². The normalized spacial score (nSPS) is 15.3. The van der Waals surface area contributed by atoms with Crippen LogP contribution >= 0.6 is 0 Å². The minimum absolute atomic E-state index is 0.0384. The van der Waals surface area contributed by atoms with Gasteiger partial charge < -0.3 is 4.90 Å². The molecule has 0 spiro atoms. The van der Waals surface area contributed by atoms with Crippen LogP contribution < -0.4 is 0 Å². The Hall–Kier alpha value is -3.03. The molecule has 1 aromatic carbocycles. The van der Waals surface area contributed by atoms with Crippen molar-refractivity contribution in [3.63, 3.8) is 0 Å². The van der Waals surface area contributed by atoms with Crippen LogP contribution in [0.3, 0.4) is 0 Å². The Morgan fingerprint density at radius 2 is 1.88 bits per heavy atom. The van der Waals surface area contributed by atoms with E-state index in [1.165, 1.54) is 0 Å². The summed E-state index contributed by atoms with van der Waals surface area (Å²) in [4.78, 5) is 14.5. The molecule has 4 rings (SSSR count). The van der Waals surface area contributed by atoms with E-state index in [1.807, 2.05) is 46.1 Å². The fourth-order valence-corrected chi connectivity index (χ4v) is 3.32. The van der Waals surface area contributed by atoms with Crippen LogP contribution in [0.1, 0.15) is 28.9 Å². The van der Waals surface area contributed by atoms with Crippen molar-refractivity contribution in [1.29, 1.82) is 0 Å². The van der Waals surface area contributed by atoms with Crippen LogP contribution in [0.5, 0.6) is 0 Å².